The number of carbonyl (C=O) groups is 1. The highest BCUT2D eigenvalue weighted by Crippen LogP contribution is 2.42. The van der Waals surface area contributed by atoms with Gasteiger partial charge in [-0.15, -0.1) is 0 Å². The Balaban J connectivity index is 1.75. The molecule has 1 amide bonds. The number of aryl methyl sites for hydroxylation is 1. The minimum Gasteiger partial charge on any atom is -0.493 e. The van der Waals surface area contributed by atoms with E-state index in [1.165, 1.54) is 4.57 Å². The molecule has 0 saturated carbocycles. The smallest absolute Gasteiger partial charge is 0.410 e. The van der Waals surface area contributed by atoms with Crippen molar-refractivity contribution < 1.29 is 19.0 Å². The van der Waals surface area contributed by atoms with Crippen molar-refractivity contribution in [3.63, 3.8) is 0 Å². The molecule has 1 saturated heterocycles. The van der Waals surface area contributed by atoms with Crippen LogP contribution in [-0.4, -0.2) is 76.0 Å². The normalized spacial score (nSPS) is 15.4. The van der Waals surface area contributed by atoms with Gasteiger partial charge >= 0.3 is 11.8 Å². The topological polar surface area (TPSA) is 112 Å². The van der Waals surface area contributed by atoms with Crippen molar-refractivity contribution in [3.8, 4) is 28.4 Å². The minimum atomic E-state index is -0.607. The summed E-state index contributed by atoms with van der Waals surface area (Å²) in [6.45, 7) is 14.7. The molecule has 244 valence electrons. The Kier molecular flexibility index (Phi) is 9.17. The molecule has 1 aromatic carbocycles. The summed E-state index contributed by atoms with van der Waals surface area (Å²) < 4.78 is 18.4. The number of piperazine rings is 1. The van der Waals surface area contributed by atoms with Crippen molar-refractivity contribution in [1.82, 2.24) is 24.4 Å². The number of amides is 1. The highest BCUT2D eigenvalue weighted by Gasteiger charge is 2.33. The van der Waals surface area contributed by atoms with Gasteiger partial charge in [-0.3, -0.25) is 4.98 Å². The van der Waals surface area contributed by atoms with Crippen LogP contribution in [0.1, 0.15) is 58.7 Å². The first-order chi connectivity index (χ1) is 21.7. The fraction of sp³-hybridized carbons (Fsp3) is 0.441. The first kappa shape index (κ1) is 33.0. The van der Waals surface area contributed by atoms with Crippen LogP contribution in [-0.2, 0) is 4.74 Å². The van der Waals surface area contributed by atoms with E-state index in [1.54, 1.807) is 37.4 Å². The summed E-state index contributed by atoms with van der Waals surface area (Å²) in [4.78, 5) is 45.2. The third-order valence-electron chi connectivity index (χ3n) is 7.94. The third-order valence-corrected chi connectivity index (χ3v) is 8.22. The predicted octanol–water partition coefficient (Wildman–Crippen LogP) is 6.39. The van der Waals surface area contributed by atoms with Crippen LogP contribution in [0.25, 0.3) is 28.0 Å². The zero-order valence-corrected chi connectivity index (χ0v) is 28.6. The molecule has 0 spiro atoms. The molecule has 0 radical (unpaired) electrons. The molecule has 1 fully saturated rings. The molecule has 11 nitrogen and oxygen atoms in total. The highest BCUT2D eigenvalue weighted by molar-refractivity contribution is 6.34. The Morgan fingerprint density at radius 2 is 1.83 bits per heavy atom. The lowest BCUT2D eigenvalue weighted by Gasteiger charge is -2.41. The van der Waals surface area contributed by atoms with E-state index in [-0.39, 0.29) is 18.1 Å². The molecule has 1 aliphatic rings. The first-order valence-corrected chi connectivity index (χ1v) is 15.7. The number of rotatable bonds is 6. The second-order valence-corrected chi connectivity index (χ2v) is 13.2. The fourth-order valence-corrected chi connectivity index (χ4v) is 6.09. The molecule has 3 aromatic heterocycles. The van der Waals surface area contributed by atoms with Crippen molar-refractivity contribution >= 4 is 34.5 Å². The molecule has 0 aliphatic carbocycles. The average Bonchev–Trinajstić information content (AvgIpc) is 2.99. The number of para-hydroxylation sites is 1. The quantitative estimate of drug-likeness (QED) is 0.235. The number of anilines is 1. The maximum Gasteiger partial charge on any atom is 0.410 e. The number of methoxy groups -OCH3 is 2. The van der Waals surface area contributed by atoms with Crippen molar-refractivity contribution in [1.29, 1.82) is 0 Å². The molecule has 4 heterocycles. The van der Waals surface area contributed by atoms with E-state index in [9.17, 15) is 9.59 Å². The number of fused-ring (bicyclic) bond motifs is 1. The van der Waals surface area contributed by atoms with Gasteiger partial charge in [0.05, 0.1) is 41.7 Å². The largest absolute Gasteiger partial charge is 0.493 e. The van der Waals surface area contributed by atoms with Crippen LogP contribution in [0.2, 0.25) is 5.02 Å². The van der Waals surface area contributed by atoms with Gasteiger partial charge < -0.3 is 24.0 Å². The maximum absolute atomic E-state index is 14.2. The number of nitrogens with zero attached hydrogens (tertiary/aromatic N) is 6. The molecular weight excluding hydrogens is 608 g/mol. The summed E-state index contributed by atoms with van der Waals surface area (Å²) >= 11 is 7.01. The van der Waals surface area contributed by atoms with Crippen LogP contribution in [0.5, 0.6) is 11.5 Å². The zero-order chi connectivity index (χ0) is 33.5. The molecule has 4 aromatic rings. The van der Waals surface area contributed by atoms with Gasteiger partial charge in [0, 0.05) is 37.4 Å². The lowest BCUT2D eigenvalue weighted by Crippen LogP contribution is -2.55. The van der Waals surface area contributed by atoms with Crippen molar-refractivity contribution in [3.05, 3.63) is 63.3 Å². The standard InChI is InChI=1S/C34H41ClN6O5/c1-19(2)26-28(20(3)13-14-36-26)41-31-23(17-24(35)27(37-31)22-11-10-12-25(44-8)29(22)45-9)30(38-32(41)42)40-16-15-39(18-21(40)4)33(43)46-34(5,6)7/h10-14,17,19,21H,15-16,18H2,1-9H3/t21-/m0/s1. The van der Waals surface area contributed by atoms with Gasteiger partial charge in [-0.2, -0.15) is 4.98 Å². The second kappa shape index (κ2) is 12.8. The van der Waals surface area contributed by atoms with E-state index in [0.717, 1.165) is 11.3 Å². The first-order valence-electron chi connectivity index (χ1n) is 15.3. The number of hydrogen-bond donors (Lipinski definition) is 0. The van der Waals surface area contributed by atoms with E-state index in [0.29, 0.717) is 70.0 Å². The van der Waals surface area contributed by atoms with Crippen molar-refractivity contribution in [2.24, 2.45) is 0 Å². The van der Waals surface area contributed by atoms with Crippen LogP contribution in [0.15, 0.2) is 41.3 Å². The number of halogens is 1. The predicted molar refractivity (Wildman–Crippen MR) is 180 cm³/mol. The molecule has 0 bridgehead atoms. The van der Waals surface area contributed by atoms with Gasteiger partial charge in [0.25, 0.3) is 0 Å². The Hall–Kier alpha value is -4.38. The number of hydrogen-bond acceptors (Lipinski definition) is 9. The number of carbonyl (C=O) groups excluding carboxylic acids is 1. The van der Waals surface area contributed by atoms with E-state index in [2.05, 4.69) is 9.97 Å². The molecule has 0 unspecified atom stereocenters. The molecular formula is C34H41ClN6O5. The number of ether oxygens (including phenoxy) is 3. The molecule has 46 heavy (non-hydrogen) atoms. The lowest BCUT2D eigenvalue weighted by molar-refractivity contribution is 0.0218. The van der Waals surface area contributed by atoms with Crippen LogP contribution in [0.4, 0.5) is 10.6 Å². The van der Waals surface area contributed by atoms with Crippen LogP contribution in [0, 0.1) is 6.92 Å². The van der Waals surface area contributed by atoms with Crippen LogP contribution >= 0.6 is 11.6 Å². The highest BCUT2D eigenvalue weighted by atomic mass is 35.5. The van der Waals surface area contributed by atoms with Gasteiger partial charge in [0.1, 0.15) is 11.4 Å². The van der Waals surface area contributed by atoms with Crippen molar-refractivity contribution in [2.45, 2.75) is 66.0 Å². The van der Waals surface area contributed by atoms with E-state index in [1.807, 2.05) is 71.6 Å². The zero-order valence-electron chi connectivity index (χ0n) is 27.8. The SMILES string of the molecule is COc1cccc(-c2nc3c(cc2Cl)c(N2CCN(C(=O)OC(C)(C)C)C[C@@H]2C)nc(=O)n3-c2c(C)ccnc2C(C)C)c1OC. The van der Waals surface area contributed by atoms with Crippen LogP contribution < -0.4 is 20.1 Å². The molecule has 1 atom stereocenters. The summed E-state index contributed by atoms with van der Waals surface area (Å²) in [6.07, 6.45) is 1.37. The summed E-state index contributed by atoms with van der Waals surface area (Å²) in [5.74, 6) is 1.45. The molecule has 5 rings (SSSR count). The monoisotopic (exact) mass is 648 g/mol. The second-order valence-electron chi connectivity index (χ2n) is 12.8. The molecule has 1 aliphatic heterocycles. The average molecular weight is 649 g/mol. The summed E-state index contributed by atoms with van der Waals surface area (Å²) in [6, 6.07) is 8.95. The Morgan fingerprint density at radius 1 is 1.09 bits per heavy atom. The maximum atomic E-state index is 14.2. The Morgan fingerprint density at radius 3 is 2.46 bits per heavy atom. The molecule has 12 heteroatoms. The van der Waals surface area contributed by atoms with Gasteiger partial charge in [-0.1, -0.05) is 31.5 Å². The van der Waals surface area contributed by atoms with Gasteiger partial charge in [0.15, 0.2) is 17.1 Å². The summed E-state index contributed by atoms with van der Waals surface area (Å²) in [5, 5.41) is 0.935. The van der Waals surface area contributed by atoms with E-state index in [4.69, 9.17) is 30.8 Å². The van der Waals surface area contributed by atoms with Gasteiger partial charge in [0.2, 0.25) is 0 Å². The number of aromatic nitrogens is 4. The summed E-state index contributed by atoms with van der Waals surface area (Å²) in [7, 11) is 3.12. The number of pyridine rings is 2. The Bertz CT molecular complexity index is 1850. The summed E-state index contributed by atoms with van der Waals surface area (Å²) in [5.41, 5.74) is 2.53. The van der Waals surface area contributed by atoms with E-state index >= 15 is 0 Å². The van der Waals surface area contributed by atoms with Crippen LogP contribution in [0.3, 0.4) is 0 Å². The fourth-order valence-electron chi connectivity index (χ4n) is 5.84. The lowest BCUT2D eigenvalue weighted by atomic mass is 10.0. The Labute approximate surface area is 274 Å². The molecule has 0 N–H and O–H groups in total. The van der Waals surface area contributed by atoms with Gasteiger partial charge in [-0.25, -0.2) is 19.1 Å². The third kappa shape index (κ3) is 6.20. The van der Waals surface area contributed by atoms with E-state index < -0.39 is 11.3 Å². The van der Waals surface area contributed by atoms with Gasteiger partial charge in [-0.05, 0) is 70.4 Å². The number of benzene rings is 1. The minimum absolute atomic E-state index is 0.0164. The van der Waals surface area contributed by atoms with Crippen molar-refractivity contribution in [2.75, 3.05) is 38.8 Å².